The van der Waals surface area contributed by atoms with Crippen molar-refractivity contribution in [2.24, 2.45) is 0 Å². The first-order valence-electron chi connectivity index (χ1n) is 9.53. The van der Waals surface area contributed by atoms with Gasteiger partial charge in [0.15, 0.2) is 6.04 Å². The first-order chi connectivity index (χ1) is 12.7. The average molecular weight is 370 g/mol. The van der Waals surface area contributed by atoms with Crippen molar-refractivity contribution in [3.8, 4) is 0 Å². The third-order valence-electron chi connectivity index (χ3n) is 4.58. The molecule has 1 aromatic carbocycles. The zero-order valence-electron chi connectivity index (χ0n) is 17.2. The van der Waals surface area contributed by atoms with E-state index >= 15 is 0 Å². The Morgan fingerprint density at radius 1 is 1.19 bits per heavy atom. The molecule has 0 radical (unpaired) electrons. The number of benzene rings is 1. The first kappa shape index (κ1) is 20.9. The molecule has 2 aromatic rings. The molecular formula is C22H30N2O3. The minimum absolute atomic E-state index is 0.0193. The number of rotatable bonds is 6. The van der Waals surface area contributed by atoms with Crippen molar-refractivity contribution < 1.29 is 9.53 Å². The molecular weight excluding hydrogens is 340 g/mol. The summed E-state index contributed by atoms with van der Waals surface area (Å²) in [7, 11) is 0. The first-order valence-corrected chi connectivity index (χ1v) is 9.53. The Hall–Kier alpha value is -2.43. The van der Waals surface area contributed by atoms with E-state index in [1.165, 1.54) is 10.2 Å². The number of hydrogen-bond acceptors (Lipinski definition) is 4. The summed E-state index contributed by atoms with van der Waals surface area (Å²) in [5, 5.41) is 4.32. The molecule has 146 valence electrons. The fourth-order valence-corrected chi connectivity index (χ4v) is 3.33. The third kappa shape index (κ3) is 4.85. The molecule has 1 unspecified atom stereocenters. The molecule has 0 saturated carbocycles. The Labute approximate surface area is 161 Å². The highest BCUT2D eigenvalue weighted by Crippen LogP contribution is 2.27. The van der Waals surface area contributed by atoms with E-state index in [0.29, 0.717) is 24.1 Å². The van der Waals surface area contributed by atoms with Gasteiger partial charge in [-0.2, -0.15) is 5.10 Å². The molecule has 27 heavy (non-hydrogen) atoms. The molecule has 1 heterocycles. The minimum atomic E-state index is -0.700. The van der Waals surface area contributed by atoms with Crippen molar-refractivity contribution in [1.82, 2.24) is 9.78 Å². The zero-order valence-corrected chi connectivity index (χ0v) is 17.2. The summed E-state index contributed by atoms with van der Waals surface area (Å²) in [6.45, 7) is 12.2. The molecule has 0 saturated heterocycles. The molecule has 2 rings (SSSR count). The van der Waals surface area contributed by atoms with Crippen LogP contribution in [0.3, 0.4) is 0 Å². The summed E-state index contributed by atoms with van der Waals surface area (Å²) in [6.07, 6.45) is 0.960. The van der Waals surface area contributed by atoms with Crippen LogP contribution in [0.4, 0.5) is 0 Å². The van der Waals surface area contributed by atoms with Crippen LogP contribution in [0.2, 0.25) is 0 Å². The number of aromatic nitrogens is 2. The van der Waals surface area contributed by atoms with Crippen molar-refractivity contribution in [2.75, 3.05) is 6.61 Å². The van der Waals surface area contributed by atoms with E-state index < -0.39 is 12.0 Å². The topological polar surface area (TPSA) is 61.2 Å². The van der Waals surface area contributed by atoms with Gasteiger partial charge in [0.25, 0.3) is 5.56 Å². The molecule has 0 aliphatic heterocycles. The maximum absolute atomic E-state index is 13.1. The Morgan fingerprint density at radius 3 is 2.44 bits per heavy atom. The summed E-state index contributed by atoms with van der Waals surface area (Å²) >= 11 is 0. The van der Waals surface area contributed by atoms with Crippen LogP contribution >= 0.6 is 0 Å². The predicted molar refractivity (Wildman–Crippen MR) is 107 cm³/mol. The van der Waals surface area contributed by atoms with Crippen molar-refractivity contribution >= 4 is 5.97 Å². The summed E-state index contributed by atoms with van der Waals surface area (Å²) in [5.74, 6) is -0.416. The summed E-state index contributed by atoms with van der Waals surface area (Å²) in [4.78, 5) is 25.4. The predicted octanol–water partition coefficient (Wildman–Crippen LogP) is 3.95. The molecule has 0 amide bonds. The fraction of sp³-hybridized carbons (Fsp3) is 0.500. The van der Waals surface area contributed by atoms with E-state index in [9.17, 15) is 9.59 Å². The summed E-state index contributed by atoms with van der Waals surface area (Å²) in [5.41, 5.74) is 3.42. The maximum atomic E-state index is 13.1. The van der Waals surface area contributed by atoms with Gasteiger partial charge in [0.2, 0.25) is 0 Å². The lowest BCUT2D eigenvalue weighted by molar-refractivity contribution is -0.147. The highest BCUT2D eigenvalue weighted by atomic mass is 16.5. The van der Waals surface area contributed by atoms with E-state index in [2.05, 4.69) is 38.0 Å². The van der Waals surface area contributed by atoms with Gasteiger partial charge in [-0.15, -0.1) is 0 Å². The third-order valence-corrected chi connectivity index (χ3v) is 4.58. The van der Waals surface area contributed by atoms with Crippen LogP contribution in [0, 0.1) is 6.92 Å². The monoisotopic (exact) mass is 370 g/mol. The number of ether oxygens (including phenoxy) is 1. The van der Waals surface area contributed by atoms with E-state index in [1.54, 1.807) is 6.92 Å². The lowest BCUT2D eigenvalue weighted by atomic mass is 9.82. The van der Waals surface area contributed by atoms with Gasteiger partial charge in [0, 0.05) is 12.0 Å². The van der Waals surface area contributed by atoms with Gasteiger partial charge in [-0.25, -0.2) is 9.48 Å². The van der Waals surface area contributed by atoms with Gasteiger partial charge >= 0.3 is 5.97 Å². The Kier molecular flexibility index (Phi) is 6.58. The zero-order chi connectivity index (χ0) is 20.2. The van der Waals surface area contributed by atoms with Crippen molar-refractivity contribution in [1.29, 1.82) is 0 Å². The summed E-state index contributed by atoms with van der Waals surface area (Å²) in [6, 6.07) is 9.29. The average Bonchev–Trinajstić information content (AvgIpc) is 2.59. The van der Waals surface area contributed by atoms with E-state index in [4.69, 9.17) is 4.74 Å². The smallest absolute Gasteiger partial charge is 0.331 e. The maximum Gasteiger partial charge on any atom is 0.331 e. The van der Waals surface area contributed by atoms with Gasteiger partial charge in [-0.1, -0.05) is 52.0 Å². The molecule has 5 heteroatoms. The summed E-state index contributed by atoms with van der Waals surface area (Å²) < 4.78 is 6.42. The molecule has 0 aliphatic rings. The van der Waals surface area contributed by atoms with E-state index in [-0.39, 0.29) is 17.6 Å². The number of nitrogens with zero attached hydrogens (tertiary/aromatic N) is 2. The molecule has 0 spiro atoms. The molecule has 0 bridgehead atoms. The van der Waals surface area contributed by atoms with E-state index in [1.807, 2.05) is 32.0 Å². The highest BCUT2D eigenvalue weighted by molar-refractivity contribution is 5.74. The van der Waals surface area contributed by atoms with Crippen LogP contribution in [-0.2, 0) is 21.4 Å². The second-order valence-electron chi connectivity index (χ2n) is 7.82. The van der Waals surface area contributed by atoms with Crippen molar-refractivity contribution in [3.63, 3.8) is 0 Å². The number of hydrogen-bond donors (Lipinski definition) is 0. The van der Waals surface area contributed by atoms with E-state index in [0.717, 1.165) is 5.56 Å². The SMILES string of the molecule is CCOC(=O)C(CC)n1nc(C)cc(Cc2ccccc2C(C)(C)C)c1=O. The number of esters is 1. The molecule has 0 fully saturated rings. The Bertz CT molecular complexity index is 863. The van der Waals surface area contributed by atoms with Crippen molar-refractivity contribution in [2.45, 2.75) is 65.8 Å². The highest BCUT2D eigenvalue weighted by Gasteiger charge is 2.24. The minimum Gasteiger partial charge on any atom is -0.464 e. The standard InChI is InChI=1S/C22H30N2O3/c1-7-19(21(26)27-8-2)24-20(25)17(13-15(3)23-24)14-16-11-9-10-12-18(16)22(4,5)6/h9-13,19H,7-8,14H2,1-6H3. The lowest BCUT2D eigenvalue weighted by Crippen LogP contribution is -2.35. The normalized spacial score (nSPS) is 12.7. The Balaban J connectivity index is 2.51. The largest absolute Gasteiger partial charge is 0.464 e. The van der Waals surface area contributed by atoms with Gasteiger partial charge in [-0.05, 0) is 42.9 Å². The quantitative estimate of drug-likeness (QED) is 0.722. The lowest BCUT2D eigenvalue weighted by Gasteiger charge is -2.23. The van der Waals surface area contributed by atoms with Crippen LogP contribution in [-0.4, -0.2) is 22.4 Å². The molecule has 0 N–H and O–H groups in total. The fourth-order valence-electron chi connectivity index (χ4n) is 3.33. The van der Waals surface area contributed by atoms with Crippen LogP contribution in [0.1, 0.15) is 69.5 Å². The molecule has 5 nitrogen and oxygen atoms in total. The van der Waals surface area contributed by atoms with Gasteiger partial charge < -0.3 is 4.74 Å². The second-order valence-corrected chi connectivity index (χ2v) is 7.82. The van der Waals surface area contributed by atoms with Gasteiger partial charge in [0.05, 0.1) is 12.3 Å². The van der Waals surface area contributed by atoms with Crippen LogP contribution < -0.4 is 5.56 Å². The number of carbonyl (C=O) groups excluding carboxylic acids is 1. The number of aryl methyl sites for hydroxylation is 1. The second kappa shape index (κ2) is 8.51. The van der Waals surface area contributed by atoms with Crippen LogP contribution in [0.25, 0.3) is 0 Å². The van der Waals surface area contributed by atoms with Crippen LogP contribution in [0.5, 0.6) is 0 Å². The molecule has 1 aromatic heterocycles. The van der Waals surface area contributed by atoms with Gasteiger partial charge in [-0.3, -0.25) is 4.79 Å². The van der Waals surface area contributed by atoms with Crippen molar-refractivity contribution in [3.05, 3.63) is 63.1 Å². The molecule has 0 aliphatic carbocycles. The van der Waals surface area contributed by atoms with Gasteiger partial charge in [0.1, 0.15) is 0 Å². The molecule has 1 atom stereocenters. The Morgan fingerprint density at radius 2 is 1.85 bits per heavy atom. The number of carbonyl (C=O) groups is 1. The van der Waals surface area contributed by atoms with Crippen LogP contribution in [0.15, 0.2) is 35.1 Å².